The number of benzene rings is 1. The van der Waals surface area contributed by atoms with Crippen LogP contribution in [0.2, 0.25) is 0 Å². The van der Waals surface area contributed by atoms with Gasteiger partial charge in [-0.05, 0) is 31.5 Å². The van der Waals surface area contributed by atoms with Crippen LogP contribution in [0.4, 0.5) is 10.5 Å². The fourth-order valence-corrected chi connectivity index (χ4v) is 1.87. The SMILES string of the molecule is Cc1cccc(NC(=O)NCCn2cnc(C)cc2=O)c1. The van der Waals surface area contributed by atoms with Crippen LogP contribution in [0.3, 0.4) is 0 Å². The van der Waals surface area contributed by atoms with E-state index in [0.29, 0.717) is 18.8 Å². The van der Waals surface area contributed by atoms with E-state index in [-0.39, 0.29) is 11.6 Å². The van der Waals surface area contributed by atoms with Crippen LogP contribution in [-0.2, 0) is 6.54 Å². The van der Waals surface area contributed by atoms with E-state index in [2.05, 4.69) is 15.6 Å². The summed E-state index contributed by atoms with van der Waals surface area (Å²) in [5.41, 5.74) is 2.37. The van der Waals surface area contributed by atoms with Gasteiger partial charge in [0.2, 0.25) is 0 Å². The maximum Gasteiger partial charge on any atom is 0.319 e. The third kappa shape index (κ3) is 4.45. The number of urea groups is 1. The smallest absolute Gasteiger partial charge is 0.319 e. The van der Waals surface area contributed by atoms with Crippen molar-refractivity contribution in [3.05, 3.63) is 58.3 Å². The van der Waals surface area contributed by atoms with Crippen LogP contribution in [0, 0.1) is 13.8 Å². The number of nitrogens with zero attached hydrogens (tertiary/aromatic N) is 2. The standard InChI is InChI=1S/C15H18N4O2/c1-11-4-3-5-13(8-11)18-15(21)16-6-7-19-10-17-12(2)9-14(19)20/h3-5,8-10H,6-7H2,1-2H3,(H2,16,18,21). The Morgan fingerprint density at radius 2 is 2.10 bits per heavy atom. The highest BCUT2D eigenvalue weighted by Gasteiger charge is 2.02. The number of anilines is 1. The first-order valence-electron chi connectivity index (χ1n) is 6.69. The molecule has 21 heavy (non-hydrogen) atoms. The number of hydrogen-bond acceptors (Lipinski definition) is 3. The first-order chi connectivity index (χ1) is 10.0. The van der Waals surface area contributed by atoms with Crippen LogP contribution < -0.4 is 16.2 Å². The molecule has 2 rings (SSSR count). The lowest BCUT2D eigenvalue weighted by molar-refractivity contribution is 0.251. The Labute approximate surface area is 122 Å². The van der Waals surface area contributed by atoms with Gasteiger partial charge in [0.15, 0.2) is 0 Å². The maximum atomic E-state index is 11.7. The molecule has 0 bridgehead atoms. The Morgan fingerprint density at radius 1 is 1.29 bits per heavy atom. The molecule has 0 aliphatic rings. The Balaban J connectivity index is 1.83. The molecular weight excluding hydrogens is 268 g/mol. The molecule has 6 nitrogen and oxygen atoms in total. The highest BCUT2D eigenvalue weighted by Crippen LogP contribution is 2.08. The van der Waals surface area contributed by atoms with E-state index in [1.807, 2.05) is 31.2 Å². The first kappa shape index (κ1) is 14.8. The molecule has 110 valence electrons. The molecule has 0 atom stereocenters. The lowest BCUT2D eigenvalue weighted by Gasteiger charge is -2.09. The topological polar surface area (TPSA) is 76.0 Å². The summed E-state index contributed by atoms with van der Waals surface area (Å²) in [6.07, 6.45) is 1.48. The van der Waals surface area contributed by atoms with Gasteiger partial charge in [0.25, 0.3) is 5.56 Å². The number of hydrogen-bond donors (Lipinski definition) is 2. The Kier molecular flexibility index (Phi) is 4.71. The Morgan fingerprint density at radius 3 is 2.81 bits per heavy atom. The molecule has 0 radical (unpaired) electrons. The summed E-state index contributed by atoms with van der Waals surface area (Å²) in [5, 5.41) is 5.44. The van der Waals surface area contributed by atoms with Crippen molar-refractivity contribution in [1.29, 1.82) is 0 Å². The average Bonchev–Trinajstić information content (AvgIpc) is 2.41. The van der Waals surface area contributed by atoms with Crippen molar-refractivity contribution in [3.63, 3.8) is 0 Å². The third-order valence-corrected chi connectivity index (χ3v) is 2.93. The molecule has 1 aromatic carbocycles. The van der Waals surface area contributed by atoms with Gasteiger partial charge in [0, 0.05) is 30.5 Å². The maximum absolute atomic E-state index is 11.7. The van der Waals surface area contributed by atoms with Crippen LogP contribution in [0.1, 0.15) is 11.3 Å². The molecule has 2 aromatic rings. The second-order valence-electron chi connectivity index (χ2n) is 4.81. The normalized spacial score (nSPS) is 10.2. The zero-order valence-electron chi connectivity index (χ0n) is 12.1. The van der Waals surface area contributed by atoms with E-state index in [0.717, 1.165) is 11.3 Å². The molecule has 0 fully saturated rings. The summed E-state index contributed by atoms with van der Waals surface area (Å²) >= 11 is 0. The Bertz CT molecular complexity index is 694. The van der Waals surface area contributed by atoms with E-state index < -0.39 is 0 Å². The molecule has 6 heteroatoms. The van der Waals surface area contributed by atoms with Crippen molar-refractivity contribution < 1.29 is 4.79 Å². The molecule has 0 aliphatic carbocycles. The molecule has 0 spiro atoms. The molecule has 1 aromatic heterocycles. The number of carbonyl (C=O) groups excluding carboxylic acids is 1. The summed E-state index contributed by atoms with van der Waals surface area (Å²) in [6.45, 7) is 4.45. The molecule has 1 heterocycles. The number of aromatic nitrogens is 2. The highest BCUT2D eigenvalue weighted by molar-refractivity contribution is 5.89. The number of aryl methyl sites for hydroxylation is 2. The molecule has 0 aliphatic heterocycles. The minimum absolute atomic E-state index is 0.122. The minimum atomic E-state index is -0.297. The zero-order chi connectivity index (χ0) is 15.2. The van der Waals surface area contributed by atoms with E-state index in [9.17, 15) is 9.59 Å². The van der Waals surface area contributed by atoms with Gasteiger partial charge >= 0.3 is 6.03 Å². The van der Waals surface area contributed by atoms with Crippen LogP contribution in [0.25, 0.3) is 0 Å². The monoisotopic (exact) mass is 286 g/mol. The largest absolute Gasteiger partial charge is 0.336 e. The molecule has 0 unspecified atom stereocenters. The summed E-state index contributed by atoms with van der Waals surface area (Å²) in [7, 11) is 0. The van der Waals surface area contributed by atoms with E-state index in [1.54, 1.807) is 6.92 Å². The number of carbonyl (C=O) groups is 1. The summed E-state index contributed by atoms with van der Waals surface area (Å²) in [4.78, 5) is 27.4. The fourth-order valence-electron chi connectivity index (χ4n) is 1.87. The van der Waals surface area contributed by atoms with Gasteiger partial charge in [0.05, 0.1) is 6.33 Å². The van der Waals surface area contributed by atoms with Crippen LogP contribution >= 0.6 is 0 Å². The number of rotatable bonds is 4. The van der Waals surface area contributed by atoms with Crippen LogP contribution in [0.15, 0.2) is 41.5 Å². The van der Waals surface area contributed by atoms with Gasteiger partial charge in [-0.25, -0.2) is 9.78 Å². The van der Waals surface area contributed by atoms with Crippen LogP contribution in [0.5, 0.6) is 0 Å². The van der Waals surface area contributed by atoms with Crippen molar-refractivity contribution in [3.8, 4) is 0 Å². The lowest BCUT2D eigenvalue weighted by Crippen LogP contribution is -2.33. The minimum Gasteiger partial charge on any atom is -0.336 e. The summed E-state index contributed by atoms with van der Waals surface area (Å²) in [6, 6.07) is 8.71. The van der Waals surface area contributed by atoms with Crippen molar-refractivity contribution in [2.45, 2.75) is 20.4 Å². The summed E-state index contributed by atoms with van der Waals surface area (Å²) in [5.74, 6) is 0. The van der Waals surface area contributed by atoms with E-state index >= 15 is 0 Å². The van der Waals surface area contributed by atoms with Gasteiger partial charge < -0.3 is 10.6 Å². The molecule has 2 N–H and O–H groups in total. The second kappa shape index (κ2) is 6.69. The lowest BCUT2D eigenvalue weighted by atomic mass is 10.2. The summed E-state index contributed by atoms with van der Waals surface area (Å²) < 4.78 is 1.46. The van der Waals surface area contributed by atoms with Gasteiger partial charge in [-0.3, -0.25) is 9.36 Å². The predicted molar refractivity (Wildman–Crippen MR) is 81.4 cm³/mol. The van der Waals surface area contributed by atoms with E-state index in [1.165, 1.54) is 17.0 Å². The first-order valence-corrected chi connectivity index (χ1v) is 6.69. The average molecular weight is 286 g/mol. The van der Waals surface area contributed by atoms with Gasteiger partial charge in [-0.1, -0.05) is 12.1 Å². The molecule has 2 amide bonds. The van der Waals surface area contributed by atoms with Crippen LogP contribution in [-0.4, -0.2) is 22.1 Å². The molecular formula is C15H18N4O2. The van der Waals surface area contributed by atoms with E-state index in [4.69, 9.17) is 0 Å². The zero-order valence-corrected chi connectivity index (χ0v) is 12.1. The van der Waals surface area contributed by atoms with Gasteiger partial charge in [-0.2, -0.15) is 0 Å². The number of amides is 2. The number of nitrogens with one attached hydrogen (secondary N) is 2. The molecule has 0 saturated carbocycles. The Hall–Kier alpha value is -2.63. The second-order valence-corrected chi connectivity index (χ2v) is 4.81. The molecule has 0 saturated heterocycles. The van der Waals surface area contributed by atoms with Crippen molar-refractivity contribution in [1.82, 2.24) is 14.9 Å². The van der Waals surface area contributed by atoms with Gasteiger partial charge in [-0.15, -0.1) is 0 Å². The third-order valence-electron chi connectivity index (χ3n) is 2.93. The quantitative estimate of drug-likeness (QED) is 0.898. The predicted octanol–water partition coefficient (Wildman–Crippen LogP) is 1.68. The van der Waals surface area contributed by atoms with Gasteiger partial charge in [0.1, 0.15) is 0 Å². The fraction of sp³-hybridized carbons (Fsp3) is 0.267. The highest BCUT2D eigenvalue weighted by atomic mass is 16.2. The van der Waals surface area contributed by atoms with Crippen molar-refractivity contribution >= 4 is 11.7 Å². The van der Waals surface area contributed by atoms with Crippen molar-refractivity contribution in [2.75, 3.05) is 11.9 Å². The van der Waals surface area contributed by atoms with Crippen molar-refractivity contribution in [2.24, 2.45) is 0 Å².